The summed E-state index contributed by atoms with van der Waals surface area (Å²) in [5.41, 5.74) is 0.148. The predicted molar refractivity (Wildman–Crippen MR) is 72.2 cm³/mol. The van der Waals surface area contributed by atoms with Gasteiger partial charge in [-0.25, -0.2) is 9.18 Å². The fourth-order valence-electron chi connectivity index (χ4n) is 1.49. The first-order chi connectivity index (χ1) is 8.86. The van der Waals surface area contributed by atoms with Gasteiger partial charge in [0.25, 0.3) is 5.91 Å². The van der Waals surface area contributed by atoms with Crippen molar-refractivity contribution in [2.45, 2.75) is 19.9 Å². The summed E-state index contributed by atoms with van der Waals surface area (Å²) in [5.74, 6) is -1.71. The number of hydrogen-bond acceptors (Lipinski definition) is 3. The van der Waals surface area contributed by atoms with Gasteiger partial charge in [0, 0.05) is 5.56 Å². The zero-order valence-corrected chi connectivity index (χ0v) is 12.5. The molecule has 6 heteroatoms. The smallest absolute Gasteiger partial charge is 0.328 e. The van der Waals surface area contributed by atoms with Crippen molar-refractivity contribution in [1.82, 2.24) is 5.32 Å². The minimum atomic E-state index is -0.760. The molecule has 0 radical (unpaired) electrons. The Balaban J connectivity index is 2.87. The van der Waals surface area contributed by atoms with Gasteiger partial charge in [-0.2, -0.15) is 0 Å². The van der Waals surface area contributed by atoms with Crippen LogP contribution < -0.4 is 5.32 Å². The van der Waals surface area contributed by atoms with E-state index < -0.39 is 23.7 Å². The van der Waals surface area contributed by atoms with Crippen molar-refractivity contribution < 1.29 is 18.7 Å². The van der Waals surface area contributed by atoms with E-state index in [9.17, 15) is 14.0 Å². The van der Waals surface area contributed by atoms with E-state index in [2.05, 4.69) is 26.0 Å². The van der Waals surface area contributed by atoms with Crippen LogP contribution in [0.25, 0.3) is 0 Å². The minimum Gasteiger partial charge on any atom is -0.467 e. The van der Waals surface area contributed by atoms with E-state index in [0.717, 1.165) is 6.07 Å². The summed E-state index contributed by atoms with van der Waals surface area (Å²) in [7, 11) is 1.25. The van der Waals surface area contributed by atoms with E-state index in [1.807, 2.05) is 0 Å². The van der Waals surface area contributed by atoms with Gasteiger partial charge in [0.15, 0.2) is 0 Å². The Morgan fingerprint density at radius 3 is 2.47 bits per heavy atom. The molecule has 0 aliphatic heterocycles. The number of benzene rings is 1. The molecule has 0 aromatic heterocycles. The summed E-state index contributed by atoms with van der Waals surface area (Å²) in [6, 6.07) is 3.25. The number of carbonyl (C=O) groups excluding carboxylic acids is 2. The van der Waals surface area contributed by atoms with Crippen LogP contribution in [0.3, 0.4) is 0 Å². The first kappa shape index (κ1) is 15.6. The zero-order chi connectivity index (χ0) is 14.6. The third-order valence-corrected chi connectivity index (χ3v) is 3.23. The average Bonchev–Trinajstić information content (AvgIpc) is 2.37. The minimum absolute atomic E-state index is 0.128. The SMILES string of the molecule is COC(=O)C(NC(=O)c1ccc(Br)c(F)c1)C(C)C. The Labute approximate surface area is 119 Å². The van der Waals surface area contributed by atoms with Crippen LogP contribution in [0.5, 0.6) is 0 Å². The standard InChI is InChI=1S/C13H15BrFNO3/c1-7(2)11(13(18)19-3)16-12(17)8-4-5-9(14)10(15)6-8/h4-7,11H,1-3H3,(H,16,17). The number of rotatable bonds is 4. The fourth-order valence-corrected chi connectivity index (χ4v) is 1.73. The van der Waals surface area contributed by atoms with E-state index in [1.165, 1.54) is 19.2 Å². The van der Waals surface area contributed by atoms with Gasteiger partial charge in [-0.15, -0.1) is 0 Å². The van der Waals surface area contributed by atoms with Gasteiger partial charge in [-0.05, 0) is 40.0 Å². The van der Waals surface area contributed by atoms with Gasteiger partial charge < -0.3 is 10.1 Å². The Bertz CT molecular complexity index is 491. The van der Waals surface area contributed by atoms with Crippen LogP contribution in [0.1, 0.15) is 24.2 Å². The Morgan fingerprint density at radius 2 is 2.00 bits per heavy atom. The van der Waals surface area contributed by atoms with E-state index in [1.54, 1.807) is 13.8 Å². The Morgan fingerprint density at radius 1 is 1.37 bits per heavy atom. The molecule has 1 amide bonds. The van der Waals surface area contributed by atoms with E-state index in [0.29, 0.717) is 0 Å². The fraction of sp³-hybridized carbons (Fsp3) is 0.385. The highest BCUT2D eigenvalue weighted by Crippen LogP contribution is 2.16. The molecular weight excluding hydrogens is 317 g/mol. The lowest BCUT2D eigenvalue weighted by atomic mass is 10.0. The van der Waals surface area contributed by atoms with Crippen LogP contribution in [0.2, 0.25) is 0 Å². The molecule has 1 aromatic carbocycles. The Kier molecular flexibility index (Phi) is 5.47. The molecule has 0 saturated carbocycles. The summed E-state index contributed by atoms with van der Waals surface area (Å²) >= 11 is 3.01. The van der Waals surface area contributed by atoms with Crippen molar-refractivity contribution in [2.24, 2.45) is 5.92 Å². The van der Waals surface area contributed by atoms with Crippen LogP contribution in [-0.4, -0.2) is 25.0 Å². The lowest BCUT2D eigenvalue weighted by molar-refractivity contribution is -0.144. The maximum atomic E-state index is 13.3. The van der Waals surface area contributed by atoms with Gasteiger partial charge in [-0.3, -0.25) is 4.79 Å². The molecular formula is C13H15BrFNO3. The largest absolute Gasteiger partial charge is 0.467 e. The van der Waals surface area contributed by atoms with E-state index >= 15 is 0 Å². The zero-order valence-electron chi connectivity index (χ0n) is 10.9. The van der Waals surface area contributed by atoms with Gasteiger partial charge in [0.2, 0.25) is 0 Å². The monoisotopic (exact) mass is 331 g/mol. The molecule has 0 aliphatic carbocycles. The molecule has 4 nitrogen and oxygen atoms in total. The third-order valence-electron chi connectivity index (χ3n) is 2.59. The molecule has 0 bridgehead atoms. The van der Waals surface area contributed by atoms with Crippen molar-refractivity contribution in [3.05, 3.63) is 34.1 Å². The topological polar surface area (TPSA) is 55.4 Å². The van der Waals surface area contributed by atoms with Crippen molar-refractivity contribution in [3.63, 3.8) is 0 Å². The normalized spacial score (nSPS) is 12.1. The van der Waals surface area contributed by atoms with Crippen molar-refractivity contribution in [2.75, 3.05) is 7.11 Å². The maximum Gasteiger partial charge on any atom is 0.328 e. The van der Waals surface area contributed by atoms with Crippen LogP contribution in [0, 0.1) is 11.7 Å². The highest BCUT2D eigenvalue weighted by atomic mass is 79.9. The second kappa shape index (κ2) is 6.65. The number of ether oxygens (including phenoxy) is 1. The molecule has 19 heavy (non-hydrogen) atoms. The second-order valence-electron chi connectivity index (χ2n) is 4.35. The number of halogens is 2. The molecule has 0 fully saturated rings. The summed E-state index contributed by atoms with van der Waals surface area (Å²) in [6.45, 7) is 3.56. The van der Waals surface area contributed by atoms with Crippen molar-refractivity contribution in [3.8, 4) is 0 Å². The van der Waals surface area contributed by atoms with Crippen LogP contribution in [-0.2, 0) is 9.53 Å². The summed E-state index contributed by atoms with van der Waals surface area (Å²) in [4.78, 5) is 23.5. The van der Waals surface area contributed by atoms with Gasteiger partial charge >= 0.3 is 5.97 Å². The number of carbonyl (C=O) groups is 2. The molecule has 0 aliphatic rings. The number of methoxy groups -OCH3 is 1. The lowest BCUT2D eigenvalue weighted by Crippen LogP contribution is -2.45. The van der Waals surface area contributed by atoms with Crippen LogP contribution in [0.4, 0.5) is 4.39 Å². The van der Waals surface area contributed by atoms with E-state index in [-0.39, 0.29) is 16.0 Å². The highest BCUT2D eigenvalue weighted by Gasteiger charge is 2.25. The first-order valence-corrected chi connectivity index (χ1v) is 6.50. The molecule has 1 unspecified atom stereocenters. The second-order valence-corrected chi connectivity index (χ2v) is 5.20. The third kappa shape index (κ3) is 4.02. The summed E-state index contributed by atoms with van der Waals surface area (Å²) in [6.07, 6.45) is 0. The van der Waals surface area contributed by atoms with Crippen molar-refractivity contribution >= 4 is 27.8 Å². The van der Waals surface area contributed by atoms with Gasteiger partial charge in [0.1, 0.15) is 11.9 Å². The number of esters is 1. The summed E-state index contributed by atoms with van der Waals surface area (Å²) < 4.78 is 18.2. The quantitative estimate of drug-likeness (QED) is 0.862. The number of nitrogens with one attached hydrogen (secondary N) is 1. The highest BCUT2D eigenvalue weighted by molar-refractivity contribution is 9.10. The molecule has 0 spiro atoms. The van der Waals surface area contributed by atoms with Gasteiger partial charge in [-0.1, -0.05) is 13.8 Å². The number of hydrogen-bond donors (Lipinski definition) is 1. The van der Waals surface area contributed by atoms with E-state index in [4.69, 9.17) is 0 Å². The molecule has 1 atom stereocenters. The molecule has 1 rings (SSSR count). The predicted octanol–water partition coefficient (Wildman–Crippen LogP) is 2.52. The lowest BCUT2D eigenvalue weighted by Gasteiger charge is -2.19. The van der Waals surface area contributed by atoms with Crippen LogP contribution >= 0.6 is 15.9 Å². The average molecular weight is 332 g/mol. The molecule has 1 aromatic rings. The molecule has 0 saturated heterocycles. The molecule has 1 N–H and O–H groups in total. The van der Waals surface area contributed by atoms with Crippen molar-refractivity contribution in [1.29, 1.82) is 0 Å². The van der Waals surface area contributed by atoms with Gasteiger partial charge in [0.05, 0.1) is 11.6 Å². The maximum absolute atomic E-state index is 13.3. The molecule has 0 heterocycles. The first-order valence-electron chi connectivity index (χ1n) is 5.70. The summed E-state index contributed by atoms with van der Waals surface area (Å²) in [5, 5.41) is 2.53. The van der Waals surface area contributed by atoms with Crippen LogP contribution in [0.15, 0.2) is 22.7 Å². The number of amides is 1. The Hall–Kier alpha value is -1.43. The molecule has 104 valence electrons.